The molecule has 2 unspecified atom stereocenters. The lowest BCUT2D eigenvalue weighted by Crippen LogP contribution is -2.52. The second-order valence-corrected chi connectivity index (χ2v) is 4.49. The Morgan fingerprint density at radius 1 is 1.39 bits per heavy atom. The monoisotopic (exact) mass is 241 g/mol. The zero-order valence-electron chi connectivity index (χ0n) is 10.2. The smallest absolute Gasteiger partial charge is 0.234 e. The lowest BCUT2D eigenvalue weighted by atomic mass is 9.96. The largest absolute Gasteiger partial charge is 0.291 e. The number of amides is 1. The molecule has 2 N–H and O–H groups in total. The van der Waals surface area contributed by atoms with Crippen LogP contribution in [0.4, 0.5) is 0 Å². The van der Waals surface area contributed by atoms with Crippen LogP contribution in [0.2, 0.25) is 0 Å². The van der Waals surface area contributed by atoms with E-state index in [1.807, 2.05) is 31.2 Å². The van der Waals surface area contributed by atoms with Gasteiger partial charge in [0.05, 0.1) is 11.6 Å². The molecule has 1 aliphatic heterocycles. The van der Waals surface area contributed by atoms with E-state index in [0.29, 0.717) is 12.0 Å². The van der Waals surface area contributed by atoms with E-state index in [0.717, 1.165) is 5.56 Å². The van der Waals surface area contributed by atoms with Gasteiger partial charge in [0.2, 0.25) is 5.91 Å². The van der Waals surface area contributed by atoms with Crippen LogP contribution in [0.25, 0.3) is 6.08 Å². The Balaban J connectivity index is 2.02. The standard InChI is InChI=1S/C14H15N3O/c1-10-8-14(18)17-16-13(10)7-6-11-2-4-12(9-15)5-3-11/h2-7,10,13,16H,8H2,1H3,(H,17,18)/b7-6+. The second kappa shape index (κ2) is 5.48. The van der Waals surface area contributed by atoms with E-state index in [2.05, 4.69) is 16.9 Å². The summed E-state index contributed by atoms with van der Waals surface area (Å²) < 4.78 is 0. The number of hydrogen-bond acceptors (Lipinski definition) is 3. The highest BCUT2D eigenvalue weighted by Gasteiger charge is 2.22. The molecule has 18 heavy (non-hydrogen) atoms. The summed E-state index contributed by atoms with van der Waals surface area (Å²) in [6.07, 6.45) is 4.56. The van der Waals surface area contributed by atoms with Gasteiger partial charge in [0.25, 0.3) is 0 Å². The van der Waals surface area contributed by atoms with E-state index in [4.69, 9.17) is 5.26 Å². The van der Waals surface area contributed by atoms with Crippen LogP contribution in [0.3, 0.4) is 0 Å². The fraction of sp³-hybridized carbons (Fsp3) is 0.286. The highest BCUT2D eigenvalue weighted by molar-refractivity contribution is 5.76. The van der Waals surface area contributed by atoms with Crippen molar-refractivity contribution in [1.82, 2.24) is 10.9 Å². The van der Waals surface area contributed by atoms with Crippen molar-refractivity contribution in [1.29, 1.82) is 5.26 Å². The quantitative estimate of drug-likeness (QED) is 0.826. The zero-order valence-corrected chi connectivity index (χ0v) is 10.2. The summed E-state index contributed by atoms with van der Waals surface area (Å²) in [5.74, 6) is 0.305. The van der Waals surface area contributed by atoms with Gasteiger partial charge < -0.3 is 0 Å². The van der Waals surface area contributed by atoms with Crippen molar-refractivity contribution in [3.05, 3.63) is 41.5 Å². The van der Waals surface area contributed by atoms with Crippen LogP contribution >= 0.6 is 0 Å². The first-order chi connectivity index (χ1) is 8.69. The summed E-state index contributed by atoms with van der Waals surface area (Å²) >= 11 is 0. The number of hydrogen-bond donors (Lipinski definition) is 2. The first-order valence-electron chi connectivity index (χ1n) is 5.92. The molecule has 1 aromatic carbocycles. The second-order valence-electron chi connectivity index (χ2n) is 4.49. The van der Waals surface area contributed by atoms with Crippen molar-refractivity contribution in [2.45, 2.75) is 19.4 Å². The normalized spacial score (nSPS) is 23.7. The molecule has 0 spiro atoms. The number of carbonyl (C=O) groups excluding carboxylic acids is 1. The zero-order chi connectivity index (χ0) is 13.0. The Bertz CT molecular complexity index is 499. The third-order valence-electron chi connectivity index (χ3n) is 3.03. The molecule has 2 rings (SSSR count). The van der Waals surface area contributed by atoms with Gasteiger partial charge in [-0.05, 0) is 23.6 Å². The number of nitrogens with one attached hydrogen (secondary N) is 2. The molecule has 1 heterocycles. The SMILES string of the molecule is CC1CC(=O)NNC1/C=C/c1ccc(C#N)cc1. The Morgan fingerprint density at radius 2 is 2.11 bits per heavy atom. The predicted octanol–water partition coefficient (Wildman–Crippen LogP) is 1.60. The lowest BCUT2D eigenvalue weighted by Gasteiger charge is -2.27. The summed E-state index contributed by atoms with van der Waals surface area (Å²) in [6.45, 7) is 2.04. The number of nitriles is 1. The van der Waals surface area contributed by atoms with E-state index in [9.17, 15) is 4.79 Å². The van der Waals surface area contributed by atoms with Crippen LogP contribution in [0, 0.1) is 17.2 Å². The maximum atomic E-state index is 11.1. The van der Waals surface area contributed by atoms with Gasteiger partial charge in [-0.1, -0.05) is 31.2 Å². The first kappa shape index (κ1) is 12.3. The molecular formula is C14H15N3O. The van der Waals surface area contributed by atoms with E-state index in [1.54, 1.807) is 12.1 Å². The molecule has 4 heteroatoms. The molecular weight excluding hydrogens is 226 g/mol. The van der Waals surface area contributed by atoms with E-state index < -0.39 is 0 Å². The van der Waals surface area contributed by atoms with Crippen molar-refractivity contribution in [3.63, 3.8) is 0 Å². The third kappa shape index (κ3) is 2.96. The highest BCUT2D eigenvalue weighted by Crippen LogP contribution is 2.14. The fourth-order valence-corrected chi connectivity index (χ4v) is 1.90. The Labute approximate surface area is 106 Å². The van der Waals surface area contributed by atoms with Gasteiger partial charge in [0.15, 0.2) is 0 Å². The molecule has 0 bridgehead atoms. The summed E-state index contributed by atoms with van der Waals surface area (Å²) in [4.78, 5) is 11.1. The minimum absolute atomic E-state index is 0.0329. The maximum absolute atomic E-state index is 11.1. The molecule has 2 atom stereocenters. The average molecular weight is 241 g/mol. The summed E-state index contributed by atoms with van der Waals surface area (Å²) in [6, 6.07) is 9.61. The summed E-state index contributed by atoms with van der Waals surface area (Å²) in [7, 11) is 0. The Kier molecular flexibility index (Phi) is 3.75. The fourth-order valence-electron chi connectivity index (χ4n) is 1.90. The van der Waals surface area contributed by atoms with Crippen LogP contribution in [-0.2, 0) is 4.79 Å². The van der Waals surface area contributed by atoms with Crippen molar-refractivity contribution >= 4 is 12.0 Å². The third-order valence-corrected chi connectivity index (χ3v) is 3.03. The van der Waals surface area contributed by atoms with E-state index in [-0.39, 0.29) is 17.9 Å². The number of benzene rings is 1. The summed E-state index contributed by atoms with van der Waals surface area (Å²) in [5, 5.41) is 8.70. The van der Waals surface area contributed by atoms with E-state index >= 15 is 0 Å². The van der Waals surface area contributed by atoms with Crippen molar-refractivity contribution in [2.75, 3.05) is 0 Å². The van der Waals surface area contributed by atoms with Crippen LogP contribution in [-0.4, -0.2) is 11.9 Å². The van der Waals surface area contributed by atoms with Crippen molar-refractivity contribution < 1.29 is 4.79 Å². The van der Waals surface area contributed by atoms with E-state index in [1.165, 1.54) is 0 Å². The van der Waals surface area contributed by atoms with Gasteiger partial charge in [-0.25, -0.2) is 5.43 Å². The Morgan fingerprint density at radius 3 is 2.72 bits per heavy atom. The molecule has 1 amide bonds. The van der Waals surface area contributed by atoms with Gasteiger partial charge in [0.1, 0.15) is 0 Å². The minimum atomic E-state index is 0.0329. The molecule has 0 aliphatic carbocycles. The van der Waals surface area contributed by atoms with Gasteiger partial charge >= 0.3 is 0 Å². The van der Waals surface area contributed by atoms with Gasteiger partial charge in [-0.15, -0.1) is 0 Å². The Hall–Kier alpha value is -2.12. The number of nitrogens with zero attached hydrogens (tertiary/aromatic N) is 1. The molecule has 0 saturated carbocycles. The number of carbonyl (C=O) groups is 1. The molecule has 0 radical (unpaired) electrons. The average Bonchev–Trinajstić information content (AvgIpc) is 2.38. The van der Waals surface area contributed by atoms with Gasteiger partial charge in [0, 0.05) is 12.5 Å². The molecule has 92 valence electrons. The molecule has 1 aliphatic rings. The van der Waals surface area contributed by atoms with Crippen LogP contribution in [0.5, 0.6) is 0 Å². The number of hydrazine groups is 1. The predicted molar refractivity (Wildman–Crippen MR) is 69.0 cm³/mol. The van der Waals surface area contributed by atoms with Crippen LogP contribution in [0.15, 0.2) is 30.3 Å². The van der Waals surface area contributed by atoms with Crippen LogP contribution < -0.4 is 10.9 Å². The van der Waals surface area contributed by atoms with Gasteiger partial charge in [-0.2, -0.15) is 5.26 Å². The molecule has 1 fully saturated rings. The highest BCUT2D eigenvalue weighted by atomic mass is 16.2. The minimum Gasteiger partial charge on any atom is -0.291 e. The number of rotatable bonds is 2. The lowest BCUT2D eigenvalue weighted by molar-refractivity contribution is -0.125. The summed E-state index contributed by atoms with van der Waals surface area (Å²) in [5.41, 5.74) is 7.30. The van der Waals surface area contributed by atoms with Crippen molar-refractivity contribution in [3.8, 4) is 6.07 Å². The maximum Gasteiger partial charge on any atom is 0.234 e. The topological polar surface area (TPSA) is 64.9 Å². The molecule has 1 saturated heterocycles. The molecule has 1 aromatic rings. The molecule has 4 nitrogen and oxygen atoms in total. The first-order valence-corrected chi connectivity index (χ1v) is 5.92. The van der Waals surface area contributed by atoms with Crippen molar-refractivity contribution in [2.24, 2.45) is 5.92 Å². The molecule has 0 aromatic heterocycles. The van der Waals surface area contributed by atoms with Crippen LogP contribution in [0.1, 0.15) is 24.5 Å². The van der Waals surface area contributed by atoms with Gasteiger partial charge in [-0.3, -0.25) is 10.2 Å².